The Morgan fingerprint density at radius 2 is 1.95 bits per heavy atom. The highest BCUT2D eigenvalue weighted by molar-refractivity contribution is 5.74. The van der Waals surface area contributed by atoms with Gasteiger partial charge >= 0.3 is 6.03 Å². The van der Waals surface area contributed by atoms with E-state index in [9.17, 15) is 9.90 Å². The first-order chi connectivity index (χ1) is 10.2. The first-order valence-electron chi connectivity index (χ1n) is 8.44. The van der Waals surface area contributed by atoms with E-state index in [4.69, 9.17) is 4.74 Å². The molecular weight excluding hydrogens is 268 g/mol. The molecule has 0 aromatic rings. The summed E-state index contributed by atoms with van der Waals surface area (Å²) in [4.78, 5) is 12.3. The highest BCUT2D eigenvalue weighted by Crippen LogP contribution is 2.48. The number of aliphatic hydroxyl groups is 1. The number of rotatable bonds is 4. The van der Waals surface area contributed by atoms with Crippen molar-refractivity contribution in [1.29, 1.82) is 0 Å². The maximum absolute atomic E-state index is 12.3. The summed E-state index contributed by atoms with van der Waals surface area (Å²) in [6.45, 7) is 3.88. The van der Waals surface area contributed by atoms with Crippen LogP contribution in [0.3, 0.4) is 0 Å². The molecule has 3 fully saturated rings. The summed E-state index contributed by atoms with van der Waals surface area (Å²) >= 11 is 0. The number of nitrogens with one attached hydrogen (secondary N) is 2. The molecule has 5 nitrogen and oxygen atoms in total. The van der Waals surface area contributed by atoms with Crippen LogP contribution in [0.1, 0.15) is 39.0 Å². The predicted molar refractivity (Wildman–Crippen MR) is 79.9 cm³/mol. The minimum absolute atomic E-state index is 0.0648. The lowest BCUT2D eigenvalue weighted by atomic mass is 9.85. The molecule has 5 atom stereocenters. The fourth-order valence-corrected chi connectivity index (χ4v) is 4.63. The number of carbonyl (C=O) groups is 1. The predicted octanol–water partition coefficient (Wildman–Crippen LogP) is 1.51. The summed E-state index contributed by atoms with van der Waals surface area (Å²) in [5.74, 6) is 1.94. The molecule has 1 aliphatic heterocycles. The van der Waals surface area contributed by atoms with Crippen molar-refractivity contribution in [3.63, 3.8) is 0 Å². The molecule has 3 N–H and O–H groups in total. The van der Waals surface area contributed by atoms with Gasteiger partial charge in [0.05, 0.1) is 0 Å². The number of carbonyl (C=O) groups excluding carboxylic acids is 1. The van der Waals surface area contributed by atoms with Gasteiger partial charge in [0.25, 0.3) is 0 Å². The second-order valence-corrected chi connectivity index (χ2v) is 7.06. The molecule has 2 amide bonds. The topological polar surface area (TPSA) is 70.6 Å². The maximum Gasteiger partial charge on any atom is 0.315 e. The quantitative estimate of drug-likeness (QED) is 0.736. The second kappa shape index (κ2) is 6.53. The van der Waals surface area contributed by atoms with Crippen LogP contribution < -0.4 is 10.6 Å². The fraction of sp³-hybridized carbons (Fsp3) is 0.938. The zero-order chi connectivity index (χ0) is 14.8. The molecule has 0 spiro atoms. The smallest absolute Gasteiger partial charge is 0.315 e. The van der Waals surface area contributed by atoms with E-state index in [1.54, 1.807) is 0 Å². The first-order valence-corrected chi connectivity index (χ1v) is 8.44. The Hall–Kier alpha value is -0.810. The third-order valence-corrected chi connectivity index (χ3v) is 5.93. The largest absolute Gasteiger partial charge is 0.396 e. The molecule has 0 aromatic heterocycles. The Morgan fingerprint density at radius 1 is 1.24 bits per heavy atom. The highest BCUT2D eigenvalue weighted by atomic mass is 16.5. The Morgan fingerprint density at radius 3 is 2.67 bits per heavy atom. The Labute approximate surface area is 126 Å². The van der Waals surface area contributed by atoms with E-state index in [2.05, 4.69) is 17.6 Å². The van der Waals surface area contributed by atoms with Gasteiger partial charge in [0.15, 0.2) is 0 Å². The summed E-state index contributed by atoms with van der Waals surface area (Å²) in [7, 11) is 0. The van der Waals surface area contributed by atoms with E-state index in [0.717, 1.165) is 26.1 Å². The molecule has 2 saturated carbocycles. The fourth-order valence-electron chi connectivity index (χ4n) is 4.63. The second-order valence-electron chi connectivity index (χ2n) is 7.06. The Balaban J connectivity index is 1.49. The van der Waals surface area contributed by atoms with Crippen molar-refractivity contribution >= 4 is 6.03 Å². The lowest BCUT2D eigenvalue weighted by molar-refractivity contribution is 0.0568. The number of ether oxygens (including phenoxy) is 1. The van der Waals surface area contributed by atoms with E-state index in [1.807, 2.05) is 0 Å². The van der Waals surface area contributed by atoms with Crippen molar-refractivity contribution in [2.45, 2.75) is 51.1 Å². The van der Waals surface area contributed by atoms with Crippen molar-refractivity contribution in [3.8, 4) is 0 Å². The minimum atomic E-state index is -0.0648. The summed E-state index contributed by atoms with van der Waals surface area (Å²) < 4.78 is 5.37. The molecule has 21 heavy (non-hydrogen) atoms. The normalized spacial score (nSPS) is 37.4. The number of fused-ring (bicyclic) bond motifs is 2. The van der Waals surface area contributed by atoms with Crippen LogP contribution in [0.5, 0.6) is 0 Å². The molecule has 0 radical (unpaired) electrons. The molecule has 2 aliphatic carbocycles. The van der Waals surface area contributed by atoms with Gasteiger partial charge < -0.3 is 20.5 Å². The maximum atomic E-state index is 12.3. The monoisotopic (exact) mass is 296 g/mol. The summed E-state index contributed by atoms with van der Waals surface area (Å²) in [6, 6.07) is 0.278. The van der Waals surface area contributed by atoms with Crippen molar-refractivity contribution in [2.75, 3.05) is 19.8 Å². The molecule has 0 aromatic carbocycles. The van der Waals surface area contributed by atoms with Gasteiger partial charge in [-0.3, -0.25) is 0 Å². The van der Waals surface area contributed by atoms with E-state index < -0.39 is 0 Å². The van der Waals surface area contributed by atoms with E-state index in [-0.39, 0.29) is 30.6 Å². The van der Waals surface area contributed by atoms with Crippen LogP contribution in [0, 0.1) is 23.7 Å². The van der Waals surface area contributed by atoms with Gasteiger partial charge in [0.1, 0.15) is 0 Å². The minimum Gasteiger partial charge on any atom is -0.396 e. The lowest BCUT2D eigenvalue weighted by Crippen LogP contribution is -2.52. The molecule has 5 unspecified atom stereocenters. The molecule has 3 aliphatic rings. The van der Waals surface area contributed by atoms with Gasteiger partial charge in [-0.25, -0.2) is 4.79 Å². The molecule has 120 valence electrons. The number of hydrogen-bond acceptors (Lipinski definition) is 3. The van der Waals surface area contributed by atoms with Gasteiger partial charge in [-0.1, -0.05) is 0 Å². The van der Waals surface area contributed by atoms with Gasteiger partial charge in [0, 0.05) is 37.8 Å². The van der Waals surface area contributed by atoms with Crippen LogP contribution in [-0.4, -0.2) is 43.0 Å². The summed E-state index contributed by atoms with van der Waals surface area (Å²) in [5, 5.41) is 15.8. The van der Waals surface area contributed by atoms with E-state index in [0.29, 0.717) is 17.8 Å². The average Bonchev–Trinajstić information content (AvgIpc) is 3.09. The van der Waals surface area contributed by atoms with Gasteiger partial charge in [-0.05, 0) is 56.8 Å². The molecule has 1 heterocycles. The van der Waals surface area contributed by atoms with Crippen LogP contribution in [0.4, 0.5) is 4.79 Å². The average molecular weight is 296 g/mol. The summed E-state index contributed by atoms with van der Waals surface area (Å²) in [6.07, 6.45) is 5.63. The van der Waals surface area contributed by atoms with E-state index in [1.165, 1.54) is 19.3 Å². The van der Waals surface area contributed by atoms with Crippen molar-refractivity contribution in [3.05, 3.63) is 0 Å². The third-order valence-electron chi connectivity index (χ3n) is 5.93. The standard InChI is InChI=1S/C16H28N2O3/c1-10(11-4-6-21-7-5-11)17-16(20)18-15-13-3-2-12(8-13)14(15)9-19/h10-15,19H,2-9H2,1H3,(H2,17,18,20). The van der Waals surface area contributed by atoms with Crippen LogP contribution in [-0.2, 0) is 4.74 Å². The molecular formula is C16H28N2O3. The zero-order valence-electron chi connectivity index (χ0n) is 12.9. The van der Waals surface area contributed by atoms with Gasteiger partial charge in [-0.2, -0.15) is 0 Å². The molecule has 2 bridgehead atoms. The van der Waals surface area contributed by atoms with Crippen LogP contribution >= 0.6 is 0 Å². The Kier molecular flexibility index (Phi) is 4.69. The number of amides is 2. The molecule has 1 saturated heterocycles. The van der Waals surface area contributed by atoms with Crippen LogP contribution in [0.2, 0.25) is 0 Å². The van der Waals surface area contributed by atoms with Crippen molar-refractivity contribution < 1.29 is 14.6 Å². The summed E-state index contributed by atoms with van der Waals surface area (Å²) in [5.41, 5.74) is 0. The molecule has 5 heteroatoms. The van der Waals surface area contributed by atoms with Crippen molar-refractivity contribution in [2.24, 2.45) is 23.7 Å². The third kappa shape index (κ3) is 3.19. The SMILES string of the molecule is CC(NC(=O)NC1C2CCC(C2)C1CO)C1CCOCC1. The zero-order valence-corrected chi connectivity index (χ0v) is 12.9. The van der Waals surface area contributed by atoms with Crippen LogP contribution in [0.15, 0.2) is 0 Å². The van der Waals surface area contributed by atoms with Gasteiger partial charge in [-0.15, -0.1) is 0 Å². The first kappa shape index (κ1) is 15.1. The lowest BCUT2D eigenvalue weighted by Gasteiger charge is -2.32. The van der Waals surface area contributed by atoms with Gasteiger partial charge in [0.2, 0.25) is 0 Å². The Bertz CT molecular complexity index is 371. The van der Waals surface area contributed by atoms with Crippen molar-refractivity contribution in [1.82, 2.24) is 10.6 Å². The number of hydrogen-bond donors (Lipinski definition) is 3. The number of aliphatic hydroxyl groups excluding tert-OH is 1. The van der Waals surface area contributed by atoms with Crippen LogP contribution in [0.25, 0.3) is 0 Å². The molecule has 3 rings (SSSR count). The van der Waals surface area contributed by atoms with E-state index >= 15 is 0 Å². The number of urea groups is 1. The highest BCUT2D eigenvalue weighted by Gasteiger charge is 2.47.